The molecule has 0 aliphatic heterocycles. The minimum Gasteiger partial charge on any atom is -0.322 e. The first-order valence-corrected chi connectivity index (χ1v) is 5.83. The summed E-state index contributed by atoms with van der Waals surface area (Å²) >= 11 is 0. The van der Waals surface area contributed by atoms with Gasteiger partial charge in [0.2, 0.25) is 0 Å². The molecule has 0 atom stereocenters. The van der Waals surface area contributed by atoms with E-state index in [4.69, 9.17) is 0 Å². The van der Waals surface area contributed by atoms with E-state index in [1.807, 2.05) is 0 Å². The zero-order valence-corrected chi connectivity index (χ0v) is 10.2. The molecule has 1 heterocycles. The summed E-state index contributed by atoms with van der Waals surface area (Å²) in [5.41, 5.74) is 1.32. The monoisotopic (exact) mass is 273 g/mol. The summed E-state index contributed by atoms with van der Waals surface area (Å²) in [4.78, 5) is 12.2. The minimum atomic E-state index is -1.01. The van der Waals surface area contributed by atoms with Crippen molar-refractivity contribution in [1.82, 2.24) is 10.2 Å². The fourth-order valence-corrected chi connectivity index (χ4v) is 1.94. The van der Waals surface area contributed by atoms with Gasteiger partial charge < -0.3 is 5.32 Å². The largest absolute Gasteiger partial charge is 0.322 e. The maximum absolute atomic E-state index is 13.1. The van der Waals surface area contributed by atoms with Gasteiger partial charge in [0.25, 0.3) is 5.91 Å². The number of rotatable bonds is 2. The molecule has 2 aromatic carbocycles. The Bertz CT molecular complexity index is 798. The van der Waals surface area contributed by atoms with Gasteiger partial charge in [-0.15, -0.1) is 0 Å². The van der Waals surface area contributed by atoms with Crippen LogP contribution >= 0.6 is 0 Å². The summed E-state index contributed by atoms with van der Waals surface area (Å²) in [6, 6.07) is 8.32. The van der Waals surface area contributed by atoms with Crippen LogP contribution in [-0.4, -0.2) is 16.1 Å². The van der Waals surface area contributed by atoms with Crippen LogP contribution in [0.3, 0.4) is 0 Å². The van der Waals surface area contributed by atoms with Crippen LogP contribution in [0.25, 0.3) is 10.9 Å². The van der Waals surface area contributed by atoms with Crippen molar-refractivity contribution in [2.45, 2.75) is 0 Å². The fraction of sp³-hybridized carbons (Fsp3) is 0. The Morgan fingerprint density at radius 2 is 2.00 bits per heavy atom. The summed E-state index contributed by atoms with van der Waals surface area (Å²) in [6.45, 7) is 0. The predicted molar refractivity (Wildman–Crippen MR) is 70.4 cm³/mol. The van der Waals surface area contributed by atoms with Gasteiger partial charge in [0.15, 0.2) is 11.6 Å². The molecule has 3 aromatic rings. The zero-order valence-electron chi connectivity index (χ0n) is 10.2. The third-order valence-corrected chi connectivity index (χ3v) is 2.91. The number of anilines is 1. The molecule has 0 aliphatic rings. The summed E-state index contributed by atoms with van der Waals surface area (Å²) < 4.78 is 25.9. The summed E-state index contributed by atoms with van der Waals surface area (Å²) in [5.74, 6) is -2.38. The van der Waals surface area contributed by atoms with Gasteiger partial charge in [-0.3, -0.25) is 9.89 Å². The van der Waals surface area contributed by atoms with Crippen molar-refractivity contribution < 1.29 is 13.6 Å². The van der Waals surface area contributed by atoms with Crippen LogP contribution in [0.5, 0.6) is 0 Å². The molecule has 0 aliphatic carbocycles. The van der Waals surface area contributed by atoms with Gasteiger partial charge in [-0.05, 0) is 24.3 Å². The molecular weight excluding hydrogens is 264 g/mol. The van der Waals surface area contributed by atoms with Crippen LogP contribution in [-0.2, 0) is 0 Å². The molecule has 3 rings (SSSR count). The molecule has 4 nitrogen and oxygen atoms in total. The Morgan fingerprint density at radius 3 is 2.80 bits per heavy atom. The third kappa shape index (κ3) is 2.11. The lowest BCUT2D eigenvalue weighted by molar-refractivity contribution is 0.102. The number of hydrogen-bond acceptors (Lipinski definition) is 2. The van der Waals surface area contributed by atoms with E-state index < -0.39 is 17.5 Å². The average Bonchev–Trinajstić information content (AvgIpc) is 2.91. The molecule has 0 bridgehead atoms. The smallest absolute Gasteiger partial charge is 0.256 e. The van der Waals surface area contributed by atoms with E-state index in [9.17, 15) is 13.6 Å². The molecular formula is C14H9F2N3O. The first kappa shape index (κ1) is 12.3. The van der Waals surface area contributed by atoms with E-state index in [1.54, 1.807) is 18.2 Å². The molecule has 0 unspecified atom stereocenters. The number of nitrogens with zero attached hydrogens (tertiary/aromatic N) is 1. The van der Waals surface area contributed by atoms with Gasteiger partial charge in [0.05, 0.1) is 17.3 Å². The lowest BCUT2D eigenvalue weighted by Gasteiger charge is -2.06. The van der Waals surface area contributed by atoms with Crippen LogP contribution in [0.4, 0.5) is 14.5 Å². The zero-order chi connectivity index (χ0) is 14.1. The summed E-state index contributed by atoms with van der Waals surface area (Å²) in [5, 5.41) is 9.80. The van der Waals surface area contributed by atoms with Crippen molar-refractivity contribution in [1.29, 1.82) is 0 Å². The Hall–Kier alpha value is -2.76. The fourth-order valence-electron chi connectivity index (χ4n) is 1.94. The number of amides is 1. The van der Waals surface area contributed by atoms with Crippen molar-refractivity contribution in [2.75, 3.05) is 5.32 Å². The van der Waals surface area contributed by atoms with Crippen molar-refractivity contribution in [3.05, 3.63) is 59.8 Å². The molecule has 2 N–H and O–H groups in total. The third-order valence-electron chi connectivity index (χ3n) is 2.91. The lowest BCUT2D eigenvalue weighted by Crippen LogP contribution is -2.12. The van der Waals surface area contributed by atoms with E-state index in [2.05, 4.69) is 15.5 Å². The highest BCUT2D eigenvalue weighted by atomic mass is 19.2. The standard InChI is InChI=1S/C14H9F2N3O/c15-11-5-4-8(6-12(11)16)18-14(20)9-2-1-3-13-10(9)7-17-19-13/h1-7H,(H,17,19)(H,18,20). The Labute approximate surface area is 112 Å². The van der Waals surface area contributed by atoms with Crippen molar-refractivity contribution >= 4 is 22.5 Å². The van der Waals surface area contributed by atoms with Crippen molar-refractivity contribution in [3.63, 3.8) is 0 Å². The molecule has 1 amide bonds. The highest BCUT2D eigenvalue weighted by Crippen LogP contribution is 2.19. The Kier molecular flexibility index (Phi) is 2.90. The number of aromatic amines is 1. The van der Waals surface area contributed by atoms with E-state index in [0.717, 1.165) is 17.6 Å². The molecule has 0 radical (unpaired) electrons. The van der Waals surface area contributed by atoms with Gasteiger partial charge in [-0.2, -0.15) is 5.10 Å². The number of halogens is 2. The second-order valence-electron chi connectivity index (χ2n) is 4.22. The van der Waals surface area contributed by atoms with Crippen LogP contribution in [0.1, 0.15) is 10.4 Å². The predicted octanol–water partition coefficient (Wildman–Crippen LogP) is 3.09. The average molecular weight is 273 g/mol. The number of carbonyl (C=O) groups excluding carboxylic acids is 1. The van der Waals surface area contributed by atoms with Crippen LogP contribution in [0.2, 0.25) is 0 Å². The summed E-state index contributed by atoms with van der Waals surface area (Å²) in [7, 11) is 0. The Morgan fingerprint density at radius 1 is 1.15 bits per heavy atom. The number of nitrogens with one attached hydrogen (secondary N) is 2. The van der Waals surface area contributed by atoms with Crippen molar-refractivity contribution in [3.8, 4) is 0 Å². The molecule has 0 spiro atoms. The lowest BCUT2D eigenvalue weighted by atomic mass is 10.1. The molecule has 0 saturated heterocycles. The van der Waals surface area contributed by atoms with Crippen LogP contribution in [0.15, 0.2) is 42.6 Å². The number of benzene rings is 2. The minimum absolute atomic E-state index is 0.189. The highest BCUT2D eigenvalue weighted by Gasteiger charge is 2.12. The first-order chi connectivity index (χ1) is 9.65. The van der Waals surface area contributed by atoms with Gasteiger partial charge in [0, 0.05) is 17.1 Å². The maximum atomic E-state index is 13.1. The van der Waals surface area contributed by atoms with Crippen molar-refractivity contribution in [2.24, 2.45) is 0 Å². The molecule has 100 valence electrons. The van der Waals surface area contributed by atoms with E-state index in [0.29, 0.717) is 10.9 Å². The van der Waals surface area contributed by atoms with E-state index in [1.165, 1.54) is 12.3 Å². The number of hydrogen-bond donors (Lipinski definition) is 2. The summed E-state index contributed by atoms with van der Waals surface area (Å²) in [6.07, 6.45) is 1.54. The van der Waals surface area contributed by atoms with Gasteiger partial charge in [-0.25, -0.2) is 8.78 Å². The molecule has 0 saturated carbocycles. The second-order valence-corrected chi connectivity index (χ2v) is 4.22. The van der Waals surface area contributed by atoms with E-state index in [-0.39, 0.29) is 5.69 Å². The number of H-pyrrole nitrogens is 1. The highest BCUT2D eigenvalue weighted by molar-refractivity contribution is 6.12. The molecule has 0 fully saturated rings. The quantitative estimate of drug-likeness (QED) is 0.753. The topological polar surface area (TPSA) is 57.8 Å². The molecule has 1 aromatic heterocycles. The van der Waals surface area contributed by atoms with Gasteiger partial charge in [-0.1, -0.05) is 6.07 Å². The normalized spacial score (nSPS) is 10.7. The Balaban J connectivity index is 1.93. The number of aromatic nitrogens is 2. The SMILES string of the molecule is O=C(Nc1ccc(F)c(F)c1)c1cccc2[nH]ncc12. The molecule has 20 heavy (non-hydrogen) atoms. The number of fused-ring (bicyclic) bond motifs is 1. The van der Waals surface area contributed by atoms with Crippen LogP contribution in [0, 0.1) is 11.6 Å². The van der Waals surface area contributed by atoms with Gasteiger partial charge >= 0.3 is 0 Å². The maximum Gasteiger partial charge on any atom is 0.256 e. The second kappa shape index (κ2) is 4.73. The van der Waals surface area contributed by atoms with Gasteiger partial charge in [0.1, 0.15) is 0 Å². The van der Waals surface area contributed by atoms with Crippen LogP contribution < -0.4 is 5.32 Å². The van der Waals surface area contributed by atoms with E-state index >= 15 is 0 Å². The first-order valence-electron chi connectivity index (χ1n) is 5.83. The number of carbonyl (C=O) groups is 1. The molecule has 6 heteroatoms.